The summed E-state index contributed by atoms with van der Waals surface area (Å²) in [5.74, 6) is -0.250. The molecule has 28 heavy (non-hydrogen) atoms. The molecule has 5 nitrogen and oxygen atoms in total. The second kappa shape index (κ2) is 9.64. The Hall–Kier alpha value is -2.47. The SMILES string of the molecule is Cc1cc(C(=O)C[NH+](C)CC(=O)NC(C)C)c(C)n1CCc1ccc(F)cc1. The molecule has 1 amide bonds. The van der Waals surface area contributed by atoms with Crippen molar-refractivity contribution in [3.05, 3.63) is 58.7 Å². The van der Waals surface area contributed by atoms with Crippen molar-refractivity contribution >= 4 is 11.7 Å². The molecular weight excluding hydrogens is 357 g/mol. The fourth-order valence-electron chi connectivity index (χ4n) is 3.40. The average Bonchev–Trinajstić information content (AvgIpc) is 2.88. The van der Waals surface area contributed by atoms with Gasteiger partial charge in [-0.2, -0.15) is 0 Å². The van der Waals surface area contributed by atoms with Gasteiger partial charge in [-0.25, -0.2) is 4.39 Å². The van der Waals surface area contributed by atoms with E-state index in [0.29, 0.717) is 5.56 Å². The van der Waals surface area contributed by atoms with Crippen LogP contribution in [0, 0.1) is 19.7 Å². The topological polar surface area (TPSA) is 55.5 Å². The summed E-state index contributed by atoms with van der Waals surface area (Å²) < 4.78 is 15.2. The van der Waals surface area contributed by atoms with Gasteiger partial charge in [0, 0.05) is 29.5 Å². The third-order valence-corrected chi connectivity index (χ3v) is 4.79. The number of quaternary nitrogens is 1. The highest BCUT2D eigenvalue weighted by Gasteiger charge is 2.20. The summed E-state index contributed by atoms with van der Waals surface area (Å²) in [5, 5.41) is 2.85. The molecule has 1 heterocycles. The zero-order chi connectivity index (χ0) is 20.8. The number of halogens is 1. The molecule has 0 aliphatic rings. The zero-order valence-electron chi connectivity index (χ0n) is 17.4. The Morgan fingerprint density at radius 1 is 1.14 bits per heavy atom. The molecular formula is C22H31FN3O2+. The van der Waals surface area contributed by atoms with Crippen LogP contribution in [0.2, 0.25) is 0 Å². The van der Waals surface area contributed by atoms with Crippen molar-refractivity contribution < 1.29 is 18.9 Å². The van der Waals surface area contributed by atoms with Gasteiger partial charge in [0.05, 0.1) is 7.05 Å². The van der Waals surface area contributed by atoms with Crippen LogP contribution in [0.15, 0.2) is 30.3 Å². The Labute approximate surface area is 166 Å². The Bertz CT molecular complexity index is 825. The van der Waals surface area contributed by atoms with E-state index in [1.165, 1.54) is 12.1 Å². The first-order valence-corrected chi connectivity index (χ1v) is 9.72. The minimum absolute atomic E-state index is 0.0379. The van der Waals surface area contributed by atoms with Crippen LogP contribution < -0.4 is 10.2 Å². The summed E-state index contributed by atoms with van der Waals surface area (Å²) in [7, 11) is 1.85. The van der Waals surface area contributed by atoms with Crippen LogP contribution in [0.4, 0.5) is 4.39 Å². The molecule has 2 N–H and O–H groups in total. The second-order valence-electron chi connectivity index (χ2n) is 7.77. The van der Waals surface area contributed by atoms with E-state index < -0.39 is 0 Å². The molecule has 0 spiro atoms. The molecule has 0 saturated heterocycles. The molecule has 0 bridgehead atoms. The third kappa shape index (κ3) is 6.02. The van der Waals surface area contributed by atoms with Gasteiger partial charge in [-0.05, 0) is 57.9 Å². The number of hydrogen-bond acceptors (Lipinski definition) is 2. The summed E-state index contributed by atoms with van der Waals surface area (Å²) in [4.78, 5) is 25.5. The first kappa shape index (κ1) is 21.8. The minimum Gasteiger partial charge on any atom is -0.349 e. The molecule has 0 saturated carbocycles. The smallest absolute Gasteiger partial charge is 0.275 e. The Kier molecular flexibility index (Phi) is 7.52. The number of rotatable bonds is 9. The minimum atomic E-state index is -0.237. The largest absolute Gasteiger partial charge is 0.349 e. The van der Waals surface area contributed by atoms with Crippen LogP contribution in [0.25, 0.3) is 0 Å². The summed E-state index contributed by atoms with van der Waals surface area (Å²) in [5.41, 5.74) is 3.73. The first-order valence-electron chi connectivity index (χ1n) is 9.72. The molecule has 1 aromatic carbocycles. The van der Waals surface area contributed by atoms with Crippen molar-refractivity contribution in [3.63, 3.8) is 0 Å². The molecule has 0 fully saturated rings. The number of aryl methyl sites for hydroxylation is 2. The third-order valence-electron chi connectivity index (χ3n) is 4.79. The molecule has 1 unspecified atom stereocenters. The van der Waals surface area contributed by atoms with E-state index in [-0.39, 0.29) is 36.6 Å². The van der Waals surface area contributed by atoms with Gasteiger partial charge in [0.15, 0.2) is 6.54 Å². The highest BCUT2D eigenvalue weighted by Crippen LogP contribution is 2.16. The van der Waals surface area contributed by atoms with Crippen molar-refractivity contribution in [2.75, 3.05) is 20.1 Å². The van der Waals surface area contributed by atoms with E-state index in [4.69, 9.17) is 0 Å². The number of benzene rings is 1. The Morgan fingerprint density at radius 2 is 1.79 bits per heavy atom. The van der Waals surface area contributed by atoms with Crippen molar-refractivity contribution in [1.82, 2.24) is 9.88 Å². The van der Waals surface area contributed by atoms with E-state index in [1.54, 1.807) is 12.1 Å². The lowest BCUT2D eigenvalue weighted by Crippen LogP contribution is -3.11. The average molecular weight is 389 g/mol. The van der Waals surface area contributed by atoms with Crippen molar-refractivity contribution in [1.29, 1.82) is 0 Å². The first-order chi connectivity index (χ1) is 13.2. The molecule has 0 radical (unpaired) electrons. The van der Waals surface area contributed by atoms with E-state index >= 15 is 0 Å². The monoisotopic (exact) mass is 388 g/mol. The van der Waals surface area contributed by atoms with E-state index in [1.807, 2.05) is 40.8 Å². The van der Waals surface area contributed by atoms with E-state index in [2.05, 4.69) is 9.88 Å². The molecule has 0 aliphatic heterocycles. The van der Waals surface area contributed by atoms with Gasteiger partial charge < -0.3 is 14.8 Å². The highest BCUT2D eigenvalue weighted by atomic mass is 19.1. The number of amides is 1. The maximum Gasteiger partial charge on any atom is 0.275 e. The van der Waals surface area contributed by atoms with Crippen LogP contribution in [0.5, 0.6) is 0 Å². The predicted molar refractivity (Wildman–Crippen MR) is 108 cm³/mol. The number of aromatic nitrogens is 1. The predicted octanol–water partition coefficient (Wildman–Crippen LogP) is 1.71. The van der Waals surface area contributed by atoms with Crippen LogP contribution in [0.3, 0.4) is 0 Å². The molecule has 0 aliphatic carbocycles. The summed E-state index contributed by atoms with van der Waals surface area (Å²) in [6.45, 7) is 9.04. The van der Waals surface area contributed by atoms with Gasteiger partial charge in [0.25, 0.3) is 5.91 Å². The van der Waals surface area contributed by atoms with E-state index in [9.17, 15) is 14.0 Å². The number of nitrogens with zero attached hydrogens (tertiary/aromatic N) is 1. The second-order valence-corrected chi connectivity index (χ2v) is 7.77. The fraction of sp³-hybridized carbons (Fsp3) is 0.455. The van der Waals surface area contributed by atoms with Gasteiger partial charge in [-0.3, -0.25) is 9.59 Å². The summed E-state index contributed by atoms with van der Waals surface area (Å²) in [6, 6.07) is 8.52. The Balaban J connectivity index is 2.00. The van der Waals surface area contributed by atoms with Crippen molar-refractivity contribution in [2.24, 2.45) is 0 Å². The van der Waals surface area contributed by atoms with E-state index in [0.717, 1.165) is 34.8 Å². The number of likely N-dealkylation sites (N-methyl/N-ethyl adjacent to an activating group) is 1. The molecule has 6 heteroatoms. The number of Topliss-reactive ketones (excluding diaryl/α,β-unsaturated/α-hetero) is 1. The van der Waals surface area contributed by atoms with Gasteiger partial charge in [-0.15, -0.1) is 0 Å². The van der Waals surface area contributed by atoms with Crippen LogP contribution in [0.1, 0.15) is 41.2 Å². The summed E-state index contributed by atoms with van der Waals surface area (Å²) in [6.07, 6.45) is 0.769. The number of hydrogen-bond donors (Lipinski definition) is 2. The number of carbonyl (C=O) groups is 2. The summed E-state index contributed by atoms with van der Waals surface area (Å²) >= 11 is 0. The normalized spacial score (nSPS) is 12.2. The molecule has 1 atom stereocenters. The van der Waals surface area contributed by atoms with Crippen molar-refractivity contribution in [3.8, 4) is 0 Å². The van der Waals surface area contributed by atoms with Crippen molar-refractivity contribution in [2.45, 2.75) is 46.7 Å². The lowest BCUT2D eigenvalue weighted by Gasteiger charge is -2.14. The number of nitrogens with one attached hydrogen (secondary N) is 2. The maximum atomic E-state index is 13.0. The molecule has 1 aromatic heterocycles. The lowest BCUT2D eigenvalue weighted by atomic mass is 10.1. The molecule has 2 rings (SSSR count). The molecule has 152 valence electrons. The van der Waals surface area contributed by atoms with Crippen LogP contribution in [-0.4, -0.2) is 42.4 Å². The van der Waals surface area contributed by atoms with Crippen LogP contribution >= 0.6 is 0 Å². The van der Waals surface area contributed by atoms with Gasteiger partial charge >= 0.3 is 0 Å². The number of ketones is 1. The quantitative estimate of drug-likeness (QED) is 0.643. The maximum absolute atomic E-state index is 13.0. The van der Waals surface area contributed by atoms with Crippen LogP contribution in [-0.2, 0) is 17.8 Å². The standard InChI is InChI=1S/C22H30FN3O2/c1-15(2)24-22(28)14-25(5)13-21(27)20-12-16(3)26(17(20)4)11-10-18-6-8-19(23)9-7-18/h6-9,12,15H,10-11,13-14H2,1-5H3,(H,24,28)/p+1. The zero-order valence-corrected chi connectivity index (χ0v) is 17.4. The Morgan fingerprint density at radius 3 is 2.39 bits per heavy atom. The van der Waals surface area contributed by atoms with Gasteiger partial charge in [-0.1, -0.05) is 12.1 Å². The van der Waals surface area contributed by atoms with Gasteiger partial charge in [0.1, 0.15) is 12.4 Å². The lowest BCUT2D eigenvalue weighted by molar-refractivity contribution is -0.862. The molecule has 2 aromatic rings. The number of carbonyl (C=O) groups excluding carboxylic acids is 2. The fourth-order valence-corrected chi connectivity index (χ4v) is 3.40. The highest BCUT2D eigenvalue weighted by molar-refractivity contribution is 5.98. The van der Waals surface area contributed by atoms with Gasteiger partial charge in [0.2, 0.25) is 5.78 Å².